The Morgan fingerprint density at radius 3 is 2.81 bits per heavy atom. The molecule has 3 saturated carbocycles. The van der Waals surface area contributed by atoms with E-state index in [1.165, 1.54) is 25.9 Å². The molecule has 4 unspecified atom stereocenters. The Kier molecular flexibility index (Phi) is 5.67. The highest BCUT2D eigenvalue weighted by Gasteiger charge is 2.57. The first kappa shape index (κ1) is 20.8. The molecule has 168 valence electrons. The summed E-state index contributed by atoms with van der Waals surface area (Å²) < 4.78 is 6.40. The number of rotatable bonds is 5. The number of nitrogens with one attached hydrogen (secondary N) is 2. The van der Waals surface area contributed by atoms with Crippen molar-refractivity contribution in [2.45, 2.75) is 57.6 Å². The monoisotopic (exact) mass is 425 g/mol. The fourth-order valence-corrected chi connectivity index (χ4v) is 6.21. The summed E-state index contributed by atoms with van der Waals surface area (Å²) in [6.07, 6.45) is 7.16. The average Bonchev–Trinajstić information content (AvgIpc) is 2.78. The third-order valence-corrected chi connectivity index (χ3v) is 8.13. The smallest absolute Gasteiger partial charge is 0.258 e. The van der Waals surface area contributed by atoms with Crippen LogP contribution in [0.3, 0.4) is 0 Å². The van der Waals surface area contributed by atoms with Crippen LogP contribution >= 0.6 is 0 Å². The maximum absolute atomic E-state index is 13.0. The fraction of sp³-hybridized carbons (Fsp3) is 0.680. The van der Waals surface area contributed by atoms with Gasteiger partial charge in [-0.1, -0.05) is 19.1 Å². The molecule has 2 aliphatic heterocycles. The van der Waals surface area contributed by atoms with Crippen LogP contribution in [0.25, 0.3) is 0 Å². The van der Waals surface area contributed by atoms with Crippen LogP contribution in [0.4, 0.5) is 0 Å². The van der Waals surface area contributed by atoms with Gasteiger partial charge in [0.2, 0.25) is 5.91 Å². The lowest BCUT2D eigenvalue weighted by Gasteiger charge is -2.55. The Bertz CT molecular complexity index is 835. The SMILES string of the molecule is CC1CCN(CCCNC(=O)C2CC3CCC2CC32NC(=O)c3ccccc3O2)CC1. The van der Waals surface area contributed by atoms with E-state index in [0.29, 0.717) is 11.3 Å². The van der Waals surface area contributed by atoms with Crippen LogP contribution in [0.2, 0.25) is 0 Å². The number of carbonyl (C=O) groups is 2. The van der Waals surface area contributed by atoms with Gasteiger partial charge in [-0.2, -0.15) is 0 Å². The lowest BCUT2D eigenvalue weighted by atomic mass is 9.60. The second-order valence-electron chi connectivity index (χ2n) is 10.2. The van der Waals surface area contributed by atoms with Crippen molar-refractivity contribution in [3.63, 3.8) is 0 Å². The van der Waals surface area contributed by atoms with Crippen LogP contribution in [0.15, 0.2) is 24.3 Å². The molecule has 0 radical (unpaired) electrons. The molecule has 1 aromatic carbocycles. The molecule has 1 spiro atoms. The molecule has 6 rings (SSSR count). The van der Waals surface area contributed by atoms with Crippen molar-refractivity contribution in [2.75, 3.05) is 26.2 Å². The molecule has 6 heteroatoms. The summed E-state index contributed by atoms with van der Waals surface area (Å²) in [7, 11) is 0. The van der Waals surface area contributed by atoms with Crippen molar-refractivity contribution in [1.29, 1.82) is 0 Å². The van der Waals surface area contributed by atoms with E-state index in [1.807, 2.05) is 18.2 Å². The summed E-state index contributed by atoms with van der Waals surface area (Å²) in [5.41, 5.74) is -0.0386. The number of ether oxygens (including phenoxy) is 1. The van der Waals surface area contributed by atoms with Gasteiger partial charge in [0.15, 0.2) is 5.72 Å². The molecule has 6 nitrogen and oxygen atoms in total. The van der Waals surface area contributed by atoms with Gasteiger partial charge in [0.1, 0.15) is 5.75 Å². The number of carbonyl (C=O) groups excluding carboxylic acids is 2. The van der Waals surface area contributed by atoms with Crippen molar-refractivity contribution in [3.8, 4) is 5.75 Å². The summed E-state index contributed by atoms with van der Waals surface area (Å²) >= 11 is 0. The van der Waals surface area contributed by atoms with E-state index in [-0.39, 0.29) is 29.6 Å². The van der Waals surface area contributed by atoms with Crippen LogP contribution in [-0.4, -0.2) is 48.6 Å². The van der Waals surface area contributed by atoms with Crippen molar-refractivity contribution in [1.82, 2.24) is 15.5 Å². The van der Waals surface area contributed by atoms with Gasteiger partial charge in [-0.15, -0.1) is 0 Å². The standard InChI is InChI=1S/C25H35N3O3/c1-17-9-13-28(14-10-17)12-4-11-26-23(29)21-15-19-8-7-18(21)16-25(19)27-24(30)20-5-2-3-6-22(20)31-25/h2-3,5-6,17-19,21H,4,7-16H2,1H3,(H,26,29)(H,27,30). The fourth-order valence-electron chi connectivity index (χ4n) is 6.21. The highest BCUT2D eigenvalue weighted by molar-refractivity contribution is 5.98. The maximum Gasteiger partial charge on any atom is 0.258 e. The number of piperidine rings is 1. The van der Waals surface area contributed by atoms with Crippen molar-refractivity contribution in [3.05, 3.63) is 29.8 Å². The number of para-hydroxylation sites is 1. The van der Waals surface area contributed by atoms with Gasteiger partial charge in [-0.3, -0.25) is 9.59 Å². The van der Waals surface area contributed by atoms with Crippen molar-refractivity contribution in [2.24, 2.45) is 23.7 Å². The maximum atomic E-state index is 13.0. The summed E-state index contributed by atoms with van der Waals surface area (Å²) in [6, 6.07) is 7.45. The molecule has 2 bridgehead atoms. The van der Waals surface area contributed by atoms with Crippen LogP contribution < -0.4 is 15.4 Å². The molecule has 2 heterocycles. The van der Waals surface area contributed by atoms with Gasteiger partial charge in [-0.05, 0) is 82.1 Å². The van der Waals surface area contributed by atoms with Gasteiger partial charge in [0, 0.05) is 24.8 Å². The minimum absolute atomic E-state index is 0.0397. The lowest BCUT2D eigenvalue weighted by Crippen LogP contribution is -2.66. The predicted molar refractivity (Wildman–Crippen MR) is 119 cm³/mol. The van der Waals surface area contributed by atoms with Gasteiger partial charge in [0.25, 0.3) is 5.91 Å². The third kappa shape index (κ3) is 4.07. The van der Waals surface area contributed by atoms with Crippen LogP contribution in [0.5, 0.6) is 5.75 Å². The first-order chi connectivity index (χ1) is 15.0. The highest BCUT2D eigenvalue weighted by Crippen LogP contribution is 2.52. The molecule has 5 aliphatic rings. The molecule has 4 fully saturated rings. The Balaban J connectivity index is 1.14. The minimum atomic E-state index is -0.642. The van der Waals surface area contributed by atoms with Gasteiger partial charge < -0.3 is 20.3 Å². The van der Waals surface area contributed by atoms with Crippen LogP contribution in [-0.2, 0) is 4.79 Å². The first-order valence-electron chi connectivity index (χ1n) is 12.1. The van der Waals surface area contributed by atoms with Gasteiger partial charge >= 0.3 is 0 Å². The lowest BCUT2D eigenvalue weighted by molar-refractivity contribution is -0.146. The van der Waals surface area contributed by atoms with E-state index < -0.39 is 5.72 Å². The molecule has 1 saturated heterocycles. The molecule has 2 N–H and O–H groups in total. The van der Waals surface area contributed by atoms with Gasteiger partial charge in [0.05, 0.1) is 5.56 Å². The average molecular weight is 426 g/mol. The molecule has 0 aromatic heterocycles. The Morgan fingerprint density at radius 2 is 2.03 bits per heavy atom. The molecule has 3 aliphatic carbocycles. The predicted octanol–water partition coefficient (Wildman–Crippen LogP) is 3.18. The molecule has 2 amide bonds. The number of benzene rings is 1. The molecule has 4 atom stereocenters. The number of amides is 2. The number of nitrogens with zero attached hydrogens (tertiary/aromatic N) is 1. The van der Waals surface area contributed by atoms with Crippen molar-refractivity contribution >= 4 is 11.8 Å². The molecular weight excluding hydrogens is 390 g/mol. The number of hydrogen-bond acceptors (Lipinski definition) is 4. The minimum Gasteiger partial charge on any atom is -0.467 e. The van der Waals surface area contributed by atoms with E-state index >= 15 is 0 Å². The number of fused-ring (bicyclic) bond motifs is 3. The quantitative estimate of drug-likeness (QED) is 0.711. The highest BCUT2D eigenvalue weighted by atomic mass is 16.5. The molecule has 1 aromatic rings. The van der Waals surface area contributed by atoms with E-state index in [4.69, 9.17) is 4.74 Å². The second kappa shape index (κ2) is 8.45. The van der Waals surface area contributed by atoms with E-state index in [9.17, 15) is 9.59 Å². The summed E-state index contributed by atoms with van der Waals surface area (Å²) in [5, 5.41) is 6.38. The van der Waals surface area contributed by atoms with E-state index in [1.54, 1.807) is 6.07 Å². The number of likely N-dealkylation sites (tertiary alicyclic amines) is 1. The topological polar surface area (TPSA) is 70.7 Å². The van der Waals surface area contributed by atoms with Crippen LogP contribution in [0.1, 0.15) is 62.2 Å². The summed E-state index contributed by atoms with van der Waals surface area (Å²) in [6.45, 7) is 6.55. The number of hydrogen-bond donors (Lipinski definition) is 2. The van der Waals surface area contributed by atoms with E-state index in [2.05, 4.69) is 22.5 Å². The molecule has 31 heavy (non-hydrogen) atoms. The summed E-state index contributed by atoms with van der Waals surface area (Å²) in [4.78, 5) is 28.2. The Morgan fingerprint density at radius 1 is 1.23 bits per heavy atom. The summed E-state index contributed by atoms with van der Waals surface area (Å²) in [5.74, 6) is 2.15. The first-order valence-corrected chi connectivity index (χ1v) is 12.1. The van der Waals surface area contributed by atoms with E-state index in [0.717, 1.165) is 51.1 Å². The zero-order valence-corrected chi connectivity index (χ0v) is 18.6. The second-order valence-corrected chi connectivity index (χ2v) is 10.2. The Labute approximate surface area is 185 Å². The van der Waals surface area contributed by atoms with Crippen LogP contribution in [0, 0.1) is 23.7 Å². The normalized spacial score (nSPS) is 32.9. The third-order valence-electron chi connectivity index (χ3n) is 8.13. The van der Waals surface area contributed by atoms with Crippen molar-refractivity contribution < 1.29 is 14.3 Å². The Hall–Kier alpha value is -2.08. The zero-order valence-electron chi connectivity index (χ0n) is 18.6. The largest absolute Gasteiger partial charge is 0.467 e. The molecular formula is C25H35N3O3. The zero-order chi connectivity index (χ0) is 21.4. The van der Waals surface area contributed by atoms with Gasteiger partial charge in [-0.25, -0.2) is 0 Å².